The number of halogens is 1. The number of hydrogen-bond acceptors (Lipinski definition) is 2. The summed E-state index contributed by atoms with van der Waals surface area (Å²) in [4.78, 5) is 12.1. The van der Waals surface area contributed by atoms with E-state index >= 15 is 0 Å². The SMILES string of the molecule is Cc1ccc(F)cc1C(=O)NCC1(C)CCCNC1. The Morgan fingerprint density at radius 3 is 3.00 bits per heavy atom. The summed E-state index contributed by atoms with van der Waals surface area (Å²) >= 11 is 0. The van der Waals surface area contributed by atoms with Gasteiger partial charge in [-0.15, -0.1) is 0 Å². The average Bonchev–Trinajstić information content (AvgIpc) is 2.40. The minimum Gasteiger partial charge on any atom is -0.351 e. The van der Waals surface area contributed by atoms with Crippen molar-refractivity contribution in [1.29, 1.82) is 0 Å². The number of benzene rings is 1. The molecule has 2 rings (SSSR count). The van der Waals surface area contributed by atoms with E-state index < -0.39 is 0 Å². The lowest BCUT2D eigenvalue weighted by atomic mass is 9.83. The van der Waals surface area contributed by atoms with Crippen molar-refractivity contribution in [3.63, 3.8) is 0 Å². The zero-order valence-corrected chi connectivity index (χ0v) is 11.6. The minimum absolute atomic E-state index is 0.0924. The van der Waals surface area contributed by atoms with E-state index in [1.807, 2.05) is 6.92 Å². The molecule has 0 radical (unpaired) electrons. The summed E-state index contributed by atoms with van der Waals surface area (Å²) in [5, 5.41) is 6.28. The zero-order valence-electron chi connectivity index (χ0n) is 11.6. The van der Waals surface area contributed by atoms with Gasteiger partial charge in [0.1, 0.15) is 5.82 Å². The maximum Gasteiger partial charge on any atom is 0.251 e. The lowest BCUT2D eigenvalue weighted by Crippen LogP contribution is -2.45. The van der Waals surface area contributed by atoms with Crippen LogP contribution >= 0.6 is 0 Å². The molecule has 1 heterocycles. The van der Waals surface area contributed by atoms with Crippen LogP contribution < -0.4 is 10.6 Å². The zero-order chi connectivity index (χ0) is 13.9. The van der Waals surface area contributed by atoms with E-state index in [2.05, 4.69) is 17.6 Å². The number of piperidine rings is 1. The van der Waals surface area contributed by atoms with Gasteiger partial charge < -0.3 is 10.6 Å². The Morgan fingerprint density at radius 2 is 2.32 bits per heavy atom. The van der Waals surface area contributed by atoms with Crippen molar-refractivity contribution >= 4 is 5.91 Å². The van der Waals surface area contributed by atoms with Crippen molar-refractivity contribution in [2.24, 2.45) is 5.41 Å². The molecule has 1 unspecified atom stereocenters. The van der Waals surface area contributed by atoms with Crippen LogP contribution in [0.4, 0.5) is 4.39 Å². The van der Waals surface area contributed by atoms with Crippen molar-refractivity contribution in [3.05, 3.63) is 35.1 Å². The second kappa shape index (κ2) is 5.70. The van der Waals surface area contributed by atoms with Gasteiger partial charge in [-0.05, 0) is 49.4 Å². The van der Waals surface area contributed by atoms with Crippen molar-refractivity contribution in [2.45, 2.75) is 26.7 Å². The molecule has 1 fully saturated rings. The van der Waals surface area contributed by atoms with Crippen LogP contribution in [0.5, 0.6) is 0 Å². The highest BCUT2D eigenvalue weighted by Crippen LogP contribution is 2.24. The Labute approximate surface area is 113 Å². The first-order chi connectivity index (χ1) is 9.00. The van der Waals surface area contributed by atoms with Gasteiger partial charge in [-0.2, -0.15) is 0 Å². The molecule has 1 saturated heterocycles. The van der Waals surface area contributed by atoms with Crippen LogP contribution in [0.1, 0.15) is 35.7 Å². The number of carbonyl (C=O) groups excluding carboxylic acids is 1. The molecule has 1 aromatic rings. The number of amides is 1. The Bertz CT molecular complexity index is 467. The topological polar surface area (TPSA) is 41.1 Å². The Hall–Kier alpha value is -1.42. The predicted molar refractivity (Wildman–Crippen MR) is 73.7 cm³/mol. The summed E-state index contributed by atoms with van der Waals surface area (Å²) in [6.07, 6.45) is 2.23. The second-order valence-corrected chi connectivity index (χ2v) is 5.73. The minimum atomic E-state index is -0.374. The number of nitrogens with one attached hydrogen (secondary N) is 2. The molecule has 1 atom stereocenters. The van der Waals surface area contributed by atoms with Gasteiger partial charge in [-0.1, -0.05) is 13.0 Å². The summed E-state index contributed by atoms with van der Waals surface area (Å²) in [6, 6.07) is 4.30. The summed E-state index contributed by atoms with van der Waals surface area (Å²) in [6.45, 7) is 6.56. The molecule has 0 spiro atoms. The largest absolute Gasteiger partial charge is 0.351 e. The van der Waals surface area contributed by atoms with E-state index in [0.29, 0.717) is 12.1 Å². The van der Waals surface area contributed by atoms with Crippen LogP contribution in [0.25, 0.3) is 0 Å². The van der Waals surface area contributed by atoms with Crippen LogP contribution in [0, 0.1) is 18.2 Å². The Morgan fingerprint density at radius 1 is 1.53 bits per heavy atom. The first-order valence-corrected chi connectivity index (χ1v) is 6.75. The highest BCUT2D eigenvalue weighted by atomic mass is 19.1. The highest BCUT2D eigenvalue weighted by Gasteiger charge is 2.27. The van der Waals surface area contributed by atoms with Gasteiger partial charge in [0.15, 0.2) is 0 Å². The second-order valence-electron chi connectivity index (χ2n) is 5.73. The predicted octanol–water partition coefficient (Wildman–Crippen LogP) is 2.25. The molecule has 2 N–H and O–H groups in total. The van der Waals surface area contributed by atoms with Gasteiger partial charge in [0.25, 0.3) is 5.91 Å². The molecule has 3 nitrogen and oxygen atoms in total. The standard InChI is InChI=1S/C15H21FN2O/c1-11-4-5-12(16)8-13(11)14(19)18-10-15(2)6-3-7-17-9-15/h4-5,8,17H,3,6-7,9-10H2,1-2H3,(H,18,19). The van der Waals surface area contributed by atoms with Crippen LogP contribution in [0.15, 0.2) is 18.2 Å². The van der Waals surface area contributed by atoms with E-state index in [9.17, 15) is 9.18 Å². The maximum absolute atomic E-state index is 13.2. The molecule has 1 amide bonds. The van der Waals surface area contributed by atoms with Crippen LogP contribution in [-0.2, 0) is 0 Å². The Kier molecular flexibility index (Phi) is 4.20. The van der Waals surface area contributed by atoms with E-state index in [4.69, 9.17) is 0 Å². The number of rotatable bonds is 3. The molecule has 1 aliphatic rings. The fourth-order valence-corrected chi connectivity index (χ4v) is 2.50. The molecule has 4 heteroatoms. The van der Waals surface area contributed by atoms with E-state index in [1.165, 1.54) is 12.1 Å². The lowest BCUT2D eigenvalue weighted by molar-refractivity contribution is 0.0923. The molecule has 0 bridgehead atoms. The monoisotopic (exact) mass is 264 g/mol. The van der Waals surface area contributed by atoms with Crippen LogP contribution in [0.2, 0.25) is 0 Å². The number of aryl methyl sites for hydroxylation is 1. The van der Waals surface area contributed by atoms with E-state index in [0.717, 1.165) is 31.5 Å². The van der Waals surface area contributed by atoms with Crippen molar-refractivity contribution in [1.82, 2.24) is 10.6 Å². The third-order valence-corrected chi connectivity index (χ3v) is 3.81. The van der Waals surface area contributed by atoms with Gasteiger partial charge >= 0.3 is 0 Å². The van der Waals surface area contributed by atoms with Gasteiger partial charge in [0, 0.05) is 18.7 Å². The number of carbonyl (C=O) groups is 1. The van der Waals surface area contributed by atoms with E-state index in [1.54, 1.807) is 6.07 Å². The smallest absolute Gasteiger partial charge is 0.251 e. The van der Waals surface area contributed by atoms with Gasteiger partial charge in [-0.25, -0.2) is 4.39 Å². The third-order valence-electron chi connectivity index (χ3n) is 3.81. The summed E-state index contributed by atoms with van der Waals surface area (Å²) in [5.74, 6) is -0.565. The van der Waals surface area contributed by atoms with Crippen molar-refractivity contribution < 1.29 is 9.18 Å². The molecule has 19 heavy (non-hydrogen) atoms. The molecular weight excluding hydrogens is 243 g/mol. The normalized spacial score (nSPS) is 23.1. The molecule has 104 valence electrons. The average molecular weight is 264 g/mol. The maximum atomic E-state index is 13.2. The first-order valence-electron chi connectivity index (χ1n) is 6.75. The van der Waals surface area contributed by atoms with E-state index in [-0.39, 0.29) is 17.1 Å². The fourth-order valence-electron chi connectivity index (χ4n) is 2.50. The summed E-state index contributed by atoms with van der Waals surface area (Å²) in [7, 11) is 0. The Balaban J connectivity index is 1.99. The van der Waals surface area contributed by atoms with Crippen molar-refractivity contribution in [2.75, 3.05) is 19.6 Å². The van der Waals surface area contributed by atoms with Crippen LogP contribution in [-0.4, -0.2) is 25.5 Å². The summed E-state index contributed by atoms with van der Waals surface area (Å²) in [5.41, 5.74) is 1.31. The number of hydrogen-bond donors (Lipinski definition) is 2. The summed E-state index contributed by atoms with van der Waals surface area (Å²) < 4.78 is 13.2. The van der Waals surface area contributed by atoms with Gasteiger partial charge in [-0.3, -0.25) is 4.79 Å². The van der Waals surface area contributed by atoms with Crippen molar-refractivity contribution in [3.8, 4) is 0 Å². The molecule has 0 aliphatic carbocycles. The molecule has 1 aromatic carbocycles. The molecule has 0 saturated carbocycles. The quantitative estimate of drug-likeness (QED) is 0.879. The van der Waals surface area contributed by atoms with Gasteiger partial charge in [0.05, 0.1) is 0 Å². The fraction of sp³-hybridized carbons (Fsp3) is 0.533. The molecular formula is C15H21FN2O. The third kappa shape index (κ3) is 3.53. The first kappa shape index (κ1) is 14.0. The molecule has 0 aromatic heterocycles. The molecule has 1 aliphatic heterocycles. The van der Waals surface area contributed by atoms with Crippen LogP contribution in [0.3, 0.4) is 0 Å². The van der Waals surface area contributed by atoms with Gasteiger partial charge in [0.2, 0.25) is 0 Å². The lowest BCUT2D eigenvalue weighted by Gasteiger charge is -2.34. The highest BCUT2D eigenvalue weighted by molar-refractivity contribution is 5.95.